The third kappa shape index (κ3) is 2.99. The van der Waals surface area contributed by atoms with Gasteiger partial charge in [-0.3, -0.25) is 9.59 Å². The first-order chi connectivity index (χ1) is 13.5. The average Bonchev–Trinajstić information content (AvgIpc) is 2.73. The SMILES string of the molecule is COc1ccc(C(=O)N2CC(=O)N3CC(C)c4ccccc4C3C2)cc1OC. The van der Waals surface area contributed by atoms with Crippen LogP contribution < -0.4 is 9.47 Å². The third-order valence-electron chi connectivity index (χ3n) is 5.69. The predicted octanol–water partition coefficient (Wildman–Crippen LogP) is 2.85. The molecule has 2 aromatic rings. The first-order valence-electron chi connectivity index (χ1n) is 9.43. The van der Waals surface area contributed by atoms with Crippen molar-refractivity contribution in [2.75, 3.05) is 33.9 Å². The number of amides is 2. The van der Waals surface area contributed by atoms with Crippen molar-refractivity contribution in [2.24, 2.45) is 0 Å². The molecule has 1 fully saturated rings. The fourth-order valence-corrected chi connectivity index (χ4v) is 4.26. The Bertz CT molecular complexity index is 927. The third-order valence-corrected chi connectivity index (χ3v) is 5.69. The Balaban J connectivity index is 1.64. The molecule has 0 N–H and O–H groups in total. The van der Waals surface area contributed by atoms with Crippen LogP contribution in [0.3, 0.4) is 0 Å². The van der Waals surface area contributed by atoms with E-state index in [0.717, 1.165) is 5.56 Å². The minimum Gasteiger partial charge on any atom is -0.493 e. The predicted molar refractivity (Wildman–Crippen MR) is 105 cm³/mol. The highest BCUT2D eigenvalue weighted by Crippen LogP contribution is 2.38. The molecule has 2 aliphatic heterocycles. The Morgan fingerprint density at radius 2 is 1.71 bits per heavy atom. The van der Waals surface area contributed by atoms with Crippen molar-refractivity contribution >= 4 is 11.8 Å². The highest BCUT2D eigenvalue weighted by Gasteiger charge is 2.40. The van der Waals surface area contributed by atoms with Crippen LogP contribution in [-0.4, -0.2) is 55.5 Å². The number of benzene rings is 2. The van der Waals surface area contributed by atoms with Gasteiger partial charge >= 0.3 is 0 Å². The number of methoxy groups -OCH3 is 2. The zero-order valence-electron chi connectivity index (χ0n) is 16.3. The molecule has 2 unspecified atom stereocenters. The Hall–Kier alpha value is -3.02. The fourth-order valence-electron chi connectivity index (χ4n) is 4.26. The second-order valence-electron chi connectivity index (χ2n) is 7.35. The van der Waals surface area contributed by atoms with E-state index in [1.807, 2.05) is 17.0 Å². The molecule has 6 heteroatoms. The molecule has 2 amide bonds. The van der Waals surface area contributed by atoms with E-state index in [-0.39, 0.29) is 24.4 Å². The van der Waals surface area contributed by atoms with Gasteiger partial charge in [-0.15, -0.1) is 0 Å². The number of carbonyl (C=O) groups is 2. The van der Waals surface area contributed by atoms with Crippen molar-refractivity contribution in [3.63, 3.8) is 0 Å². The molecule has 2 aliphatic rings. The number of hydrogen-bond donors (Lipinski definition) is 0. The van der Waals surface area contributed by atoms with Gasteiger partial charge in [-0.25, -0.2) is 0 Å². The quantitative estimate of drug-likeness (QED) is 0.822. The van der Waals surface area contributed by atoms with Gasteiger partial charge in [0.05, 0.1) is 20.3 Å². The summed E-state index contributed by atoms with van der Waals surface area (Å²) in [6, 6.07) is 13.2. The van der Waals surface area contributed by atoms with Crippen LogP contribution in [0.25, 0.3) is 0 Å². The Morgan fingerprint density at radius 3 is 2.43 bits per heavy atom. The lowest BCUT2D eigenvalue weighted by atomic mass is 9.85. The number of piperazine rings is 1. The molecule has 0 saturated carbocycles. The molecular weight excluding hydrogens is 356 g/mol. The lowest BCUT2D eigenvalue weighted by Gasteiger charge is -2.46. The van der Waals surface area contributed by atoms with Crippen LogP contribution in [0.1, 0.15) is 40.4 Å². The zero-order valence-corrected chi connectivity index (χ0v) is 16.3. The summed E-state index contributed by atoms with van der Waals surface area (Å²) in [5, 5.41) is 0. The van der Waals surface area contributed by atoms with Gasteiger partial charge in [-0.2, -0.15) is 0 Å². The maximum Gasteiger partial charge on any atom is 0.254 e. The summed E-state index contributed by atoms with van der Waals surface area (Å²) in [5.41, 5.74) is 2.88. The minimum absolute atomic E-state index is 0.00794. The molecular formula is C22H24N2O4. The van der Waals surface area contributed by atoms with Gasteiger partial charge in [0.15, 0.2) is 11.5 Å². The Morgan fingerprint density at radius 1 is 1.00 bits per heavy atom. The smallest absolute Gasteiger partial charge is 0.254 e. The van der Waals surface area contributed by atoms with E-state index in [2.05, 4.69) is 19.1 Å². The summed E-state index contributed by atoms with van der Waals surface area (Å²) >= 11 is 0. The molecule has 0 spiro atoms. The van der Waals surface area contributed by atoms with Crippen molar-refractivity contribution in [3.05, 3.63) is 59.2 Å². The van der Waals surface area contributed by atoms with Crippen LogP contribution in [0.5, 0.6) is 11.5 Å². The largest absolute Gasteiger partial charge is 0.493 e. The van der Waals surface area contributed by atoms with Gasteiger partial charge in [-0.1, -0.05) is 31.2 Å². The van der Waals surface area contributed by atoms with Crippen molar-refractivity contribution in [2.45, 2.75) is 18.9 Å². The van der Waals surface area contributed by atoms with E-state index in [9.17, 15) is 9.59 Å². The summed E-state index contributed by atoms with van der Waals surface area (Å²) in [6.07, 6.45) is 0. The molecule has 146 valence electrons. The number of nitrogens with zero attached hydrogens (tertiary/aromatic N) is 2. The fraction of sp³-hybridized carbons (Fsp3) is 0.364. The Labute approximate surface area is 164 Å². The molecule has 0 aliphatic carbocycles. The highest BCUT2D eigenvalue weighted by molar-refractivity contribution is 5.97. The second-order valence-corrected chi connectivity index (χ2v) is 7.35. The van der Waals surface area contributed by atoms with E-state index in [1.54, 1.807) is 30.2 Å². The Kier molecular flexibility index (Phi) is 4.71. The summed E-state index contributed by atoms with van der Waals surface area (Å²) in [5.74, 6) is 1.17. The maximum atomic E-state index is 13.1. The average molecular weight is 380 g/mol. The van der Waals surface area contributed by atoms with Gasteiger partial charge in [0.1, 0.15) is 6.54 Å². The lowest BCUT2D eigenvalue weighted by molar-refractivity contribution is -0.139. The van der Waals surface area contributed by atoms with Gasteiger partial charge in [0, 0.05) is 18.7 Å². The molecule has 4 rings (SSSR count). The van der Waals surface area contributed by atoms with Crippen molar-refractivity contribution in [1.29, 1.82) is 0 Å². The van der Waals surface area contributed by atoms with E-state index >= 15 is 0 Å². The van der Waals surface area contributed by atoms with Crippen molar-refractivity contribution in [1.82, 2.24) is 9.80 Å². The normalized spacial score (nSPS) is 21.0. The van der Waals surface area contributed by atoms with Gasteiger partial charge in [0.25, 0.3) is 5.91 Å². The molecule has 2 heterocycles. The first kappa shape index (κ1) is 18.3. The number of hydrogen-bond acceptors (Lipinski definition) is 4. The van der Waals surface area contributed by atoms with Crippen LogP contribution in [0, 0.1) is 0 Å². The molecule has 28 heavy (non-hydrogen) atoms. The van der Waals surface area contributed by atoms with E-state index in [4.69, 9.17) is 9.47 Å². The molecule has 0 radical (unpaired) electrons. The van der Waals surface area contributed by atoms with Gasteiger partial charge in [0.2, 0.25) is 5.91 Å². The van der Waals surface area contributed by atoms with Crippen LogP contribution in [0.4, 0.5) is 0 Å². The molecule has 6 nitrogen and oxygen atoms in total. The van der Waals surface area contributed by atoms with Crippen molar-refractivity contribution < 1.29 is 19.1 Å². The van der Waals surface area contributed by atoms with E-state index in [1.165, 1.54) is 12.7 Å². The monoisotopic (exact) mass is 380 g/mol. The lowest BCUT2D eigenvalue weighted by Crippen LogP contribution is -2.56. The zero-order chi connectivity index (χ0) is 19.8. The highest BCUT2D eigenvalue weighted by atomic mass is 16.5. The number of carbonyl (C=O) groups excluding carboxylic acids is 2. The minimum atomic E-state index is -0.176. The number of rotatable bonds is 3. The number of fused-ring (bicyclic) bond motifs is 3. The second kappa shape index (κ2) is 7.19. The summed E-state index contributed by atoms with van der Waals surface area (Å²) in [4.78, 5) is 29.5. The molecule has 2 aromatic carbocycles. The number of ether oxygens (including phenoxy) is 2. The first-order valence-corrected chi connectivity index (χ1v) is 9.43. The summed E-state index contributed by atoms with van der Waals surface area (Å²) in [6.45, 7) is 3.42. The maximum absolute atomic E-state index is 13.1. The van der Waals surface area contributed by atoms with Gasteiger partial charge < -0.3 is 19.3 Å². The van der Waals surface area contributed by atoms with Crippen LogP contribution in [0.2, 0.25) is 0 Å². The molecule has 0 aromatic heterocycles. The van der Waals surface area contributed by atoms with Gasteiger partial charge in [-0.05, 0) is 35.2 Å². The summed E-state index contributed by atoms with van der Waals surface area (Å²) < 4.78 is 10.6. The van der Waals surface area contributed by atoms with E-state index < -0.39 is 0 Å². The molecule has 1 saturated heterocycles. The van der Waals surface area contributed by atoms with E-state index in [0.29, 0.717) is 36.1 Å². The van der Waals surface area contributed by atoms with Crippen LogP contribution in [-0.2, 0) is 4.79 Å². The summed E-state index contributed by atoms with van der Waals surface area (Å²) in [7, 11) is 3.09. The molecule has 2 atom stereocenters. The topological polar surface area (TPSA) is 59.1 Å². The molecule has 0 bridgehead atoms. The van der Waals surface area contributed by atoms with Crippen LogP contribution in [0.15, 0.2) is 42.5 Å². The van der Waals surface area contributed by atoms with Crippen molar-refractivity contribution in [3.8, 4) is 11.5 Å². The van der Waals surface area contributed by atoms with Crippen LogP contribution >= 0.6 is 0 Å². The standard InChI is InChI=1S/C22H24N2O4/c1-14-11-24-18(17-7-5-4-6-16(14)17)12-23(13-21(24)25)22(26)15-8-9-19(27-2)20(10-15)28-3/h4-10,14,18H,11-13H2,1-3H3.